The number of fused-ring (bicyclic) bond motifs is 2. The number of primary amides is 1. The Bertz CT molecular complexity index is 1220. The number of methoxy groups -OCH3 is 2. The van der Waals surface area contributed by atoms with E-state index >= 15 is 0 Å². The molecule has 0 aliphatic carbocycles. The van der Waals surface area contributed by atoms with Gasteiger partial charge in [-0.25, -0.2) is 4.79 Å². The minimum absolute atomic E-state index is 0. The largest absolute Gasteiger partial charge is 0.506 e. The first-order valence-corrected chi connectivity index (χ1v) is 13.8. The number of nitrogens with two attached hydrogens (primary N) is 1. The van der Waals surface area contributed by atoms with E-state index in [1.807, 2.05) is 13.8 Å². The Morgan fingerprint density at radius 2 is 1.91 bits per heavy atom. The summed E-state index contributed by atoms with van der Waals surface area (Å²) in [5.74, 6) is -1.41. The fourth-order valence-electron chi connectivity index (χ4n) is 4.98. The predicted octanol–water partition coefficient (Wildman–Crippen LogP) is 4.58. The maximum atomic E-state index is 13.0. The Labute approximate surface area is 259 Å². The molecule has 0 radical (unpaired) electrons. The first-order valence-electron chi connectivity index (χ1n) is 13.8. The summed E-state index contributed by atoms with van der Waals surface area (Å²) >= 11 is 0. The van der Waals surface area contributed by atoms with Gasteiger partial charge in [-0.05, 0) is 38.2 Å². The van der Waals surface area contributed by atoms with Crippen molar-refractivity contribution in [2.45, 2.75) is 65.0 Å². The number of nitrogens with one attached hydrogen (secondary N) is 2. The number of carbonyl (C=O) groups excluding carboxylic acids is 2. The van der Waals surface area contributed by atoms with Gasteiger partial charge in [-0.3, -0.25) is 4.79 Å². The molecule has 0 fully saturated rings. The Morgan fingerprint density at radius 1 is 1.23 bits per heavy atom. The van der Waals surface area contributed by atoms with Gasteiger partial charge in [0.25, 0.3) is 5.91 Å². The number of benzene rings is 1. The van der Waals surface area contributed by atoms with Gasteiger partial charge in [0.1, 0.15) is 17.6 Å². The van der Waals surface area contributed by atoms with Crippen molar-refractivity contribution in [1.29, 1.82) is 0 Å². The van der Waals surface area contributed by atoms with Crippen molar-refractivity contribution >= 4 is 35.8 Å². The number of amides is 2. The SMILES string of the molecule is C=CCNc1c(O)cc2c(O)c1C[C@@H](C)C[C@@H](OC)[C@@H](O)[C@@H](C)/C=C(/C)[C@@H](OC(N)=O)[C@H](OC)/C=C\C=C(\C)C(=O)N2.Cl. The molecule has 0 unspecified atom stereocenters. The molecule has 0 spiro atoms. The Balaban J connectivity index is 0.00000924. The van der Waals surface area contributed by atoms with Gasteiger partial charge in [0.05, 0.1) is 23.6 Å². The monoisotopic (exact) mass is 623 g/mol. The van der Waals surface area contributed by atoms with Crippen molar-refractivity contribution < 1.29 is 39.1 Å². The summed E-state index contributed by atoms with van der Waals surface area (Å²) in [7, 11) is 2.95. The lowest BCUT2D eigenvalue weighted by atomic mass is 9.87. The summed E-state index contributed by atoms with van der Waals surface area (Å²) in [4.78, 5) is 24.7. The highest BCUT2D eigenvalue weighted by Crippen LogP contribution is 2.42. The average Bonchev–Trinajstić information content (AvgIpc) is 2.94. The third kappa shape index (κ3) is 10.3. The molecule has 12 heteroatoms. The number of aliphatic hydroxyl groups excluding tert-OH is 1. The maximum absolute atomic E-state index is 13.0. The minimum atomic E-state index is -0.990. The molecule has 1 aromatic rings. The van der Waals surface area contributed by atoms with Crippen molar-refractivity contribution in [3.8, 4) is 11.5 Å². The van der Waals surface area contributed by atoms with Crippen LogP contribution in [0.4, 0.5) is 16.2 Å². The molecule has 2 bridgehead atoms. The molecule has 0 aromatic heterocycles. The van der Waals surface area contributed by atoms with E-state index in [1.165, 1.54) is 26.4 Å². The summed E-state index contributed by atoms with van der Waals surface area (Å²) in [6.07, 6.45) is 4.64. The van der Waals surface area contributed by atoms with E-state index in [0.29, 0.717) is 41.8 Å². The number of allylic oxidation sites excluding steroid dienone is 2. The molecule has 11 nitrogen and oxygen atoms in total. The number of phenolic OH excluding ortho intramolecular Hbond substituents is 2. The van der Waals surface area contributed by atoms with Crippen LogP contribution in [0.2, 0.25) is 0 Å². The van der Waals surface area contributed by atoms with E-state index in [2.05, 4.69) is 17.2 Å². The van der Waals surface area contributed by atoms with Crippen molar-refractivity contribution in [2.75, 3.05) is 31.4 Å². The van der Waals surface area contributed by atoms with Crippen LogP contribution in [0.25, 0.3) is 0 Å². The van der Waals surface area contributed by atoms with Crippen LogP contribution in [-0.4, -0.2) is 72.5 Å². The van der Waals surface area contributed by atoms with E-state index in [0.717, 1.165) is 0 Å². The van der Waals surface area contributed by atoms with Gasteiger partial charge < -0.3 is 45.9 Å². The number of phenols is 2. The smallest absolute Gasteiger partial charge is 0.405 e. The van der Waals surface area contributed by atoms with E-state index < -0.39 is 42.3 Å². The molecule has 2 amide bonds. The number of carbonyl (C=O) groups is 2. The average molecular weight is 624 g/mol. The number of aromatic hydroxyl groups is 2. The molecule has 1 aliphatic heterocycles. The van der Waals surface area contributed by atoms with Gasteiger partial charge >= 0.3 is 6.09 Å². The lowest BCUT2D eigenvalue weighted by Gasteiger charge is -2.29. The molecule has 1 aliphatic rings. The molecule has 7 N–H and O–H groups in total. The highest BCUT2D eigenvalue weighted by atomic mass is 35.5. The topological polar surface area (TPSA) is 173 Å². The third-order valence-electron chi connectivity index (χ3n) is 7.25. The molecule has 2 rings (SSSR count). The summed E-state index contributed by atoms with van der Waals surface area (Å²) < 4.78 is 16.6. The fraction of sp³-hybridized carbons (Fsp3) is 0.484. The van der Waals surface area contributed by atoms with Gasteiger partial charge in [0.2, 0.25) is 0 Å². The van der Waals surface area contributed by atoms with Gasteiger partial charge in [-0.2, -0.15) is 0 Å². The second-order valence-corrected chi connectivity index (χ2v) is 10.6. The van der Waals surface area contributed by atoms with Crippen LogP contribution < -0.4 is 16.4 Å². The zero-order chi connectivity index (χ0) is 31.6. The van der Waals surface area contributed by atoms with Crippen LogP contribution in [0, 0.1) is 11.8 Å². The molecule has 0 saturated heterocycles. The fourth-order valence-corrected chi connectivity index (χ4v) is 4.98. The first-order chi connectivity index (χ1) is 19.8. The molecule has 43 heavy (non-hydrogen) atoms. The Morgan fingerprint density at radius 3 is 2.49 bits per heavy atom. The highest BCUT2D eigenvalue weighted by molar-refractivity contribution is 6.04. The lowest BCUT2D eigenvalue weighted by Crippen LogP contribution is -2.37. The van der Waals surface area contributed by atoms with E-state index in [1.54, 1.807) is 38.2 Å². The van der Waals surface area contributed by atoms with Crippen molar-refractivity contribution in [3.63, 3.8) is 0 Å². The standard InChI is InChI=1S/C31H45N3O8.ClH/c1-8-12-33-26-21-13-17(2)14-25(41-7)27(36)19(4)15-20(5)29(42-31(32)39)24(40-6)11-9-10-18(3)30(38)34-22(28(21)37)16-23(26)35;/h8-11,15-17,19,24-25,27,29,33,35-37H,1,12-14H2,2-7H3,(H2,32,39)(H,34,38);1H/b11-9-,18-10-,20-15-;/t17-,19+,24-,25-,27+,29-;/m1./s1. The number of ether oxygens (including phenoxy) is 3. The zero-order valence-electron chi connectivity index (χ0n) is 25.6. The van der Waals surface area contributed by atoms with Crippen LogP contribution in [-0.2, 0) is 25.4 Å². The number of aliphatic hydroxyl groups is 1. The van der Waals surface area contributed by atoms with Crippen LogP contribution in [0.3, 0.4) is 0 Å². The molecule has 1 heterocycles. The second-order valence-electron chi connectivity index (χ2n) is 10.6. The molecule has 1 aromatic carbocycles. The van der Waals surface area contributed by atoms with Crippen LogP contribution >= 0.6 is 12.4 Å². The summed E-state index contributed by atoms with van der Waals surface area (Å²) in [6, 6.07) is 1.28. The van der Waals surface area contributed by atoms with Gasteiger partial charge in [0, 0.05) is 43.9 Å². The van der Waals surface area contributed by atoms with E-state index in [-0.39, 0.29) is 35.5 Å². The first kappa shape index (κ1) is 37.5. The molecular formula is C31H46ClN3O8. The summed E-state index contributed by atoms with van der Waals surface area (Å²) in [5, 5.41) is 39.1. The third-order valence-corrected chi connectivity index (χ3v) is 7.25. The molecule has 6 atom stereocenters. The predicted molar refractivity (Wildman–Crippen MR) is 170 cm³/mol. The van der Waals surface area contributed by atoms with Crippen molar-refractivity contribution in [1.82, 2.24) is 0 Å². The number of hydrogen-bond acceptors (Lipinski definition) is 9. The minimum Gasteiger partial charge on any atom is -0.506 e. The van der Waals surface area contributed by atoms with Gasteiger partial charge in [-0.1, -0.05) is 44.2 Å². The second kappa shape index (κ2) is 17.6. The van der Waals surface area contributed by atoms with Crippen LogP contribution in [0.15, 0.2) is 54.2 Å². The number of rotatable bonds is 6. The molecular weight excluding hydrogens is 578 g/mol. The summed E-state index contributed by atoms with van der Waals surface area (Å²) in [6.45, 7) is 11.1. The number of anilines is 2. The number of hydrogen-bond donors (Lipinski definition) is 6. The van der Waals surface area contributed by atoms with Crippen LogP contribution in [0.1, 0.15) is 39.7 Å². The van der Waals surface area contributed by atoms with Crippen molar-refractivity contribution in [2.24, 2.45) is 17.6 Å². The van der Waals surface area contributed by atoms with Crippen molar-refractivity contribution in [3.05, 3.63) is 59.7 Å². The number of halogens is 1. The highest BCUT2D eigenvalue weighted by Gasteiger charge is 2.30. The Hall–Kier alpha value is -3.51. The quantitative estimate of drug-likeness (QED) is 0.151. The lowest BCUT2D eigenvalue weighted by molar-refractivity contribution is -0.112. The van der Waals surface area contributed by atoms with Gasteiger partial charge in [-0.15, -0.1) is 19.0 Å². The zero-order valence-corrected chi connectivity index (χ0v) is 26.4. The molecule has 240 valence electrons. The summed E-state index contributed by atoms with van der Waals surface area (Å²) in [5.41, 5.74) is 7.01. The maximum Gasteiger partial charge on any atom is 0.405 e. The van der Waals surface area contributed by atoms with E-state index in [9.17, 15) is 24.9 Å². The Kier molecular flexibility index (Phi) is 15.3. The van der Waals surface area contributed by atoms with E-state index in [4.69, 9.17) is 19.9 Å². The normalized spacial score (nSPS) is 28.6. The van der Waals surface area contributed by atoms with Gasteiger partial charge in [0.15, 0.2) is 6.10 Å². The molecule has 0 saturated carbocycles. The van der Waals surface area contributed by atoms with Crippen LogP contribution in [0.5, 0.6) is 11.5 Å².